The van der Waals surface area contributed by atoms with Crippen molar-refractivity contribution in [2.24, 2.45) is 5.10 Å². The van der Waals surface area contributed by atoms with E-state index in [9.17, 15) is 10.2 Å². The predicted molar refractivity (Wildman–Crippen MR) is 99.6 cm³/mol. The Bertz CT molecular complexity index is 1000. The van der Waals surface area contributed by atoms with Gasteiger partial charge in [0.25, 0.3) is 0 Å². The van der Waals surface area contributed by atoms with Gasteiger partial charge in [-0.1, -0.05) is 24.3 Å². The smallest absolute Gasteiger partial charge is 0.222 e. The normalized spacial score (nSPS) is 20.9. The van der Waals surface area contributed by atoms with Crippen LogP contribution in [0.3, 0.4) is 0 Å². The molecule has 0 fully saturated rings. The van der Waals surface area contributed by atoms with Crippen molar-refractivity contribution in [3.63, 3.8) is 0 Å². The van der Waals surface area contributed by atoms with E-state index in [4.69, 9.17) is 9.84 Å². The van der Waals surface area contributed by atoms with Crippen molar-refractivity contribution in [3.8, 4) is 17.2 Å². The van der Waals surface area contributed by atoms with Crippen molar-refractivity contribution in [2.45, 2.75) is 18.7 Å². The second kappa shape index (κ2) is 5.78. The highest BCUT2D eigenvalue weighted by atomic mass is 32.1. The third kappa shape index (κ3) is 2.34. The Hall–Kier alpha value is -2.99. The third-order valence-corrected chi connectivity index (χ3v) is 5.68. The van der Waals surface area contributed by atoms with E-state index in [0.717, 1.165) is 21.9 Å². The van der Waals surface area contributed by atoms with Crippen molar-refractivity contribution >= 4 is 17.0 Å². The number of fused-ring (bicyclic) bond motifs is 3. The molecule has 2 aliphatic heterocycles. The second-order valence-corrected chi connectivity index (χ2v) is 7.35. The molecule has 0 saturated carbocycles. The van der Waals surface area contributed by atoms with Crippen LogP contribution >= 0.6 is 11.3 Å². The Morgan fingerprint density at radius 3 is 2.81 bits per heavy atom. The van der Waals surface area contributed by atoms with E-state index in [0.29, 0.717) is 12.0 Å². The summed E-state index contributed by atoms with van der Waals surface area (Å²) in [6.07, 6.45) is 0.339. The number of hydrogen-bond acceptors (Lipinski definition) is 6. The standard InChI is InChI=1S/C20H16N2O3S/c23-12-7-8-17(24)14(10-12)15-11-16-13-4-1-2-5-18(13)25-20(22(16)21-15)19-6-3-9-26-19/h1-10,16,20,23-24H,11H2. The van der Waals surface area contributed by atoms with Gasteiger partial charge in [-0.05, 0) is 35.7 Å². The largest absolute Gasteiger partial charge is 0.508 e. The summed E-state index contributed by atoms with van der Waals surface area (Å²) in [6, 6.07) is 16.6. The van der Waals surface area contributed by atoms with E-state index in [1.165, 1.54) is 12.1 Å². The van der Waals surface area contributed by atoms with Crippen molar-refractivity contribution in [1.29, 1.82) is 0 Å². The highest BCUT2D eigenvalue weighted by Gasteiger charge is 2.41. The number of phenols is 2. The predicted octanol–water partition coefficient (Wildman–Crippen LogP) is 4.40. The number of benzene rings is 2. The zero-order valence-electron chi connectivity index (χ0n) is 13.7. The number of rotatable bonds is 2. The summed E-state index contributed by atoms with van der Waals surface area (Å²) in [7, 11) is 0. The summed E-state index contributed by atoms with van der Waals surface area (Å²) in [5.74, 6) is 1.09. The molecule has 3 aromatic rings. The molecular weight excluding hydrogens is 348 g/mol. The van der Waals surface area contributed by atoms with Gasteiger partial charge in [0.15, 0.2) is 0 Å². The fraction of sp³-hybridized carbons (Fsp3) is 0.150. The molecule has 0 radical (unpaired) electrons. The zero-order valence-corrected chi connectivity index (χ0v) is 14.6. The maximum atomic E-state index is 10.2. The molecule has 6 heteroatoms. The summed E-state index contributed by atoms with van der Waals surface area (Å²) in [5, 5.41) is 28.8. The van der Waals surface area contributed by atoms with Gasteiger partial charge in [0, 0.05) is 17.5 Å². The molecule has 2 N–H and O–H groups in total. The highest BCUT2D eigenvalue weighted by Crippen LogP contribution is 2.48. The minimum absolute atomic E-state index is 0.0313. The van der Waals surface area contributed by atoms with Gasteiger partial charge in [0.2, 0.25) is 6.23 Å². The molecule has 26 heavy (non-hydrogen) atoms. The number of para-hydroxylation sites is 1. The Labute approximate surface area is 154 Å². The molecule has 0 saturated heterocycles. The van der Waals surface area contributed by atoms with Crippen LogP contribution in [-0.2, 0) is 0 Å². The number of aromatic hydroxyl groups is 2. The molecule has 2 aromatic carbocycles. The fourth-order valence-corrected chi connectivity index (χ4v) is 4.32. The first kappa shape index (κ1) is 15.3. The van der Waals surface area contributed by atoms with E-state index in [-0.39, 0.29) is 23.8 Å². The van der Waals surface area contributed by atoms with E-state index >= 15 is 0 Å². The minimum atomic E-state index is -0.299. The molecule has 1 aromatic heterocycles. The Balaban J connectivity index is 1.62. The molecule has 5 nitrogen and oxygen atoms in total. The third-order valence-electron chi connectivity index (χ3n) is 4.78. The molecule has 0 spiro atoms. The molecule has 0 bridgehead atoms. The lowest BCUT2D eigenvalue weighted by molar-refractivity contribution is -0.0165. The van der Waals surface area contributed by atoms with Gasteiger partial charge in [-0.2, -0.15) is 5.10 Å². The first-order valence-electron chi connectivity index (χ1n) is 8.38. The van der Waals surface area contributed by atoms with Crippen LogP contribution in [0.15, 0.2) is 65.1 Å². The molecule has 2 aliphatic rings. The first-order valence-corrected chi connectivity index (χ1v) is 9.26. The van der Waals surface area contributed by atoms with Gasteiger partial charge in [0.05, 0.1) is 16.6 Å². The summed E-state index contributed by atoms with van der Waals surface area (Å²) in [5.41, 5.74) is 2.38. The molecular formula is C20H16N2O3S. The van der Waals surface area contributed by atoms with Crippen LogP contribution < -0.4 is 4.74 Å². The van der Waals surface area contributed by atoms with Gasteiger partial charge >= 0.3 is 0 Å². The summed E-state index contributed by atoms with van der Waals surface area (Å²) in [6.45, 7) is 0. The van der Waals surface area contributed by atoms with E-state index in [1.54, 1.807) is 17.4 Å². The van der Waals surface area contributed by atoms with Crippen LogP contribution in [0, 0.1) is 0 Å². The molecule has 0 amide bonds. The van der Waals surface area contributed by atoms with Gasteiger partial charge in [-0.15, -0.1) is 11.3 Å². The Morgan fingerprint density at radius 1 is 1.08 bits per heavy atom. The lowest BCUT2D eigenvalue weighted by atomic mass is 9.96. The number of nitrogens with zero attached hydrogens (tertiary/aromatic N) is 2. The lowest BCUT2D eigenvalue weighted by Gasteiger charge is -2.37. The topological polar surface area (TPSA) is 65.3 Å². The summed E-state index contributed by atoms with van der Waals surface area (Å²) < 4.78 is 6.25. The first-order chi connectivity index (χ1) is 12.7. The number of phenolic OH excluding ortho intramolecular Hbond substituents is 2. The highest BCUT2D eigenvalue weighted by molar-refractivity contribution is 7.10. The van der Waals surface area contributed by atoms with Gasteiger partial charge < -0.3 is 14.9 Å². The maximum Gasteiger partial charge on any atom is 0.222 e. The SMILES string of the molecule is Oc1ccc(O)c(C2=NN3C(C2)c2ccccc2OC3c2cccs2)c1. The van der Waals surface area contributed by atoms with Crippen molar-refractivity contribution in [3.05, 3.63) is 76.0 Å². The molecule has 0 aliphatic carbocycles. The number of thiophene rings is 1. The maximum absolute atomic E-state index is 10.2. The molecule has 130 valence electrons. The fourth-order valence-electron chi connectivity index (χ4n) is 3.57. The molecule has 5 rings (SSSR count). The molecule has 2 unspecified atom stereocenters. The van der Waals surface area contributed by atoms with E-state index in [2.05, 4.69) is 6.07 Å². The number of hydrogen-bond donors (Lipinski definition) is 2. The van der Waals surface area contributed by atoms with Crippen LogP contribution in [0.2, 0.25) is 0 Å². The number of ether oxygens (including phenoxy) is 1. The molecule has 2 atom stereocenters. The van der Waals surface area contributed by atoms with Crippen LogP contribution in [0.1, 0.15) is 34.7 Å². The minimum Gasteiger partial charge on any atom is -0.508 e. The van der Waals surface area contributed by atoms with Crippen molar-refractivity contribution < 1.29 is 14.9 Å². The number of hydrazone groups is 1. The Morgan fingerprint density at radius 2 is 1.96 bits per heavy atom. The van der Waals surface area contributed by atoms with Crippen LogP contribution in [0.4, 0.5) is 0 Å². The average Bonchev–Trinajstić information content (AvgIpc) is 3.33. The average molecular weight is 364 g/mol. The van der Waals surface area contributed by atoms with Gasteiger partial charge in [-0.3, -0.25) is 0 Å². The van der Waals surface area contributed by atoms with Crippen LogP contribution in [-0.4, -0.2) is 20.9 Å². The van der Waals surface area contributed by atoms with Crippen molar-refractivity contribution in [1.82, 2.24) is 5.01 Å². The lowest BCUT2D eigenvalue weighted by Crippen LogP contribution is -2.33. The van der Waals surface area contributed by atoms with Gasteiger partial charge in [-0.25, -0.2) is 5.01 Å². The quantitative estimate of drug-likeness (QED) is 0.662. The second-order valence-electron chi connectivity index (χ2n) is 6.37. The monoisotopic (exact) mass is 364 g/mol. The van der Waals surface area contributed by atoms with Crippen molar-refractivity contribution in [2.75, 3.05) is 0 Å². The summed E-state index contributed by atoms with van der Waals surface area (Å²) >= 11 is 1.63. The van der Waals surface area contributed by atoms with Gasteiger partial charge in [0.1, 0.15) is 17.2 Å². The Kier molecular flexibility index (Phi) is 3.39. The molecule has 3 heterocycles. The van der Waals surface area contributed by atoms with E-state index in [1.807, 2.05) is 40.7 Å². The van der Waals surface area contributed by atoms with E-state index < -0.39 is 0 Å². The summed E-state index contributed by atoms with van der Waals surface area (Å²) in [4.78, 5) is 1.08. The zero-order chi connectivity index (χ0) is 17.7. The van der Waals surface area contributed by atoms with Crippen LogP contribution in [0.25, 0.3) is 0 Å². The van der Waals surface area contributed by atoms with Crippen LogP contribution in [0.5, 0.6) is 17.2 Å².